The SMILES string of the molecule is CCOC(=O)Cc1cn2c(C=O)c(-c3cc(C)ccc3S(=O)(=O)Cc3ccccc3)nc2s1. The number of fused-ring (bicyclic) bond motifs is 1. The number of carbonyl (C=O) groups excluding carboxylic acids is 2. The van der Waals surface area contributed by atoms with Crippen LogP contribution in [0.4, 0.5) is 0 Å². The summed E-state index contributed by atoms with van der Waals surface area (Å²) in [7, 11) is -3.71. The first-order valence-corrected chi connectivity index (χ1v) is 12.8. The third-order valence-electron chi connectivity index (χ3n) is 5.07. The molecule has 2 aromatic carbocycles. The van der Waals surface area contributed by atoms with Crippen LogP contribution < -0.4 is 0 Å². The Labute approximate surface area is 195 Å². The van der Waals surface area contributed by atoms with Gasteiger partial charge in [0.1, 0.15) is 11.4 Å². The molecular weight excluding hydrogens is 460 g/mol. The Kier molecular flexibility index (Phi) is 6.44. The van der Waals surface area contributed by atoms with Crippen molar-refractivity contribution in [3.05, 3.63) is 76.4 Å². The second-order valence-corrected chi connectivity index (χ2v) is 10.6. The number of aromatic nitrogens is 2. The average molecular weight is 483 g/mol. The topological polar surface area (TPSA) is 94.8 Å². The van der Waals surface area contributed by atoms with Crippen molar-refractivity contribution in [3.63, 3.8) is 0 Å². The summed E-state index contributed by atoms with van der Waals surface area (Å²) in [5.74, 6) is -0.519. The number of carbonyl (C=O) groups is 2. The molecule has 0 aliphatic heterocycles. The quantitative estimate of drug-likeness (QED) is 0.275. The molecule has 0 saturated heterocycles. The van der Waals surface area contributed by atoms with Gasteiger partial charge in [-0.3, -0.25) is 14.0 Å². The average Bonchev–Trinajstić information content (AvgIpc) is 3.30. The van der Waals surface area contributed by atoms with Crippen LogP contribution in [0.5, 0.6) is 0 Å². The molecule has 7 nitrogen and oxygen atoms in total. The highest BCUT2D eigenvalue weighted by atomic mass is 32.2. The Morgan fingerprint density at radius 3 is 2.64 bits per heavy atom. The maximum atomic E-state index is 13.3. The van der Waals surface area contributed by atoms with Gasteiger partial charge in [0.05, 0.1) is 23.7 Å². The standard InChI is InChI=1S/C24H22N2O5S2/c1-3-31-22(28)12-18-13-26-20(14-27)23(25-24(26)32-18)19-11-16(2)9-10-21(19)33(29,30)15-17-7-5-4-6-8-17/h4-11,13-14H,3,12,15H2,1-2H3. The molecule has 2 heterocycles. The molecule has 0 aliphatic carbocycles. The second-order valence-electron chi connectivity index (χ2n) is 7.54. The van der Waals surface area contributed by atoms with Crippen molar-refractivity contribution in [3.8, 4) is 11.3 Å². The van der Waals surface area contributed by atoms with Gasteiger partial charge in [0.25, 0.3) is 0 Å². The van der Waals surface area contributed by atoms with Gasteiger partial charge in [0.15, 0.2) is 21.1 Å². The molecule has 4 aromatic rings. The van der Waals surface area contributed by atoms with E-state index in [1.807, 2.05) is 13.0 Å². The van der Waals surface area contributed by atoms with Gasteiger partial charge in [-0.2, -0.15) is 0 Å². The van der Waals surface area contributed by atoms with Crippen molar-refractivity contribution in [2.24, 2.45) is 0 Å². The number of aldehydes is 1. The van der Waals surface area contributed by atoms with Crippen LogP contribution in [0.2, 0.25) is 0 Å². The highest BCUT2D eigenvalue weighted by Gasteiger charge is 2.25. The number of nitrogens with zero attached hydrogens (tertiary/aromatic N) is 2. The fraction of sp³-hybridized carbons (Fsp3) is 0.208. The maximum Gasteiger partial charge on any atom is 0.311 e. The predicted octanol–water partition coefficient (Wildman–Crippen LogP) is 4.26. The first kappa shape index (κ1) is 22.9. The van der Waals surface area contributed by atoms with Crippen LogP contribution in [0.3, 0.4) is 0 Å². The van der Waals surface area contributed by atoms with E-state index in [1.165, 1.54) is 11.3 Å². The van der Waals surface area contributed by atoms with E-state index in [4.69, 9.17) is 4.74 Å². The number of hydrogen-bond acceptors (Lipinski definition) is 7. The summed E-state index contributed by atoms with van der Waals surface area (Å²) < 4.78 is 33.2. The van der Waals surface area contributed by atoms with Crippen molar-refractivity contribution in [2.75, 3.05) is 6.61 Å². The van der Waals surface area contributed by atoms with Crippen LogP contribution in [-0.4, -0.2) is 36.7 Å². The normalized spacial score (nSPS) is 11.6. The molecule has 2 aromatic heterocycles. The van der Waals surface area contributed by atoms with Gasteiger partial charge in [-0.25, -0.2) is 13.4 Å². The number of hydrogen-bond donors (Lipinski definition) is 0. The Balaban J connectivity index is 1.79. The summed E-state index contributed by atoms with van der Waals surface area (Å²) in [4.78, 5) is 29.8. The van der Waals surface area contributed by atoms with Gasteiger partial charge in [-0.15, -0.1) is 11.3 Å². The number of imidazole rings is 1. The highest BCUT2D eigenvalue weighted by molar-refractivity contribution is 7.90. The van der Waals surface area contributed by atoms with Crippen molar-refractivity contribution in [2.45, 2.75) is 30.9 Å². The van der Waals surface area contributed by atoms with Crippen molar-refractivity contribution < 1.29 is 22.7 Å². The van der Waals surface area contributed by atoms with Gasteiger partial charge in [-0.1, -0.05) is 42.0 Å². The summed E-state index contributed by atoms with van der Waals surface area (Å²) in [6.07, 6.45) is 2.41. The van der Waals surface area contributed by atoms with Gasteiger partial charge < -0.3 is 4.74 Å². The lowest BCUT2D eigenvalue weighted by Crippen LogP contribution is -2.08. The Morgan fingerprint density at radius 2 is 1.94 bits per heavy atom. The molecule has 0 spiro atoms. The first-order valence-electron chi connectivity index (χ1n) is 10.3. The van der Waals surface area contributed by atoms with Crippen LogP contribution in [0, 0.1) is 6.92 Å². The smallest absolute Gasteiger partial charge is 0.311 e. The van der Waals surface area contributed by atoms with Crippen molar-refractivity contribution in [1.82, 2.24) is 9.38 Å². The summed E-state index contributed by atoms with van der Waals surface area (Å²) >= 11 is 1.26. The van der Waals surface area contributed by atoms with E-state index >= 15 is 0 Å². The molecule has 0 saturated carbocycles. The monoisotopic (exact) mass is 482 g/mol. The minimum absolute atomic E-state index is 0.0800. The Bertz CT molecular complexity index is 1440. The van der Waals surface area contributed by atoms with Crippen LogP contribution in [0.25, 0.3) is 16.2 Å². The molecule has 0 bridgehead atoms. The number of aryl methyl sites for hydroxylation is 1. The van der Waals surface area contributed by atoms with Crippen LogP contribution in [-0.2, 0) is 31.5 Å². The number of benzene rings is 2. The summed E-state index contributed by atoms with van der Waals surface area (Å²) in [5, 5.41) is 0. The number of rotatable bonds is 8. The number of ether oxygens (including phenoxy) is 1. The fourth-order valence-corrected chi connectivity index (χ4v) is 6.15. The molecule has 0 amide bonds. The minimum Gasteiger partial charge on any atom is -0.466 e. The van der Waals surface area contributed by atoms with E-state index in [9.17, 15) is 18.0 Å². The lowest BCUT2D eigenvalue weighted by Gasteiger charge is -2.11. The number of sulfone groups is 1. The molecule has 0 radical (unpaired) electrons. The second kappa shape index (κ2) is 9.29. The lowest BCUT2D eigenvalue weighted by atomic mass is 10.1. The van der Waals surface area contributed by atoms with Crippen LogP contribution in [0.1, 0.15) is 33.4 Å². The van der Waals surface area contributed by atoms with E-state index in [1.54, 1.807) is 60.0 Å². The van der Waals surface area contributed by atoms with E-state index < -0.39 is 9.84 Å². The third-order valence-corrected chi connectivity index (χ3v) is 7.79. The zero-order valence-electron chi connectivity index (χ0n) is 18.1. The van der Waals surface area contributed by atoms with Crippen molar-refractivity contribution >= 4 is 38.4 Å². The van der Waals surface area contributed by atoms with Gasteiger partial charge in [0, 0.05) is 16.6 Å². The van der Waals surface area contributed by atoms with Gasteiger partial charge >= 0.3 is 5.97 Å². The molecule has 0 atom stereocenters. The molecule has 9 heteroatoms. The minimum atomic E-state index is -3.71. The van der Waals surface area contributed by atoms with Gasteiger partial charge in [-0.05, 0) is 31.5 Å². The molecular formula is C24H22N2O5S2. The van der Waals surface area contributed by atoms with Crippen molar-refractivity contribution in [1.29, 1.82) is 0 Å². The number of thiazole rings is 1. The largest absolute Gasteiger partial charge is 0.466 e. The zero-order chi connectivity index (χ0) is 23.6. The first-order chi connectivity index (χ1) is 15.8. The number of esters is 1. The summed E-state index contributed by atoms with van der Waals surface area (Å²) in [6, 6.07) is 14.0. The van der Waals surface area contributed by atoms with Crippen LogP contribution >= 0.6 is 11.3 Å². The predicted molar refractivity (Wildman–Crippen MR) is 126 cm³/mol. The molecule has 0 fully saturated rings. The van der Waals surface area contributed by atoms with E-state index in [0.29, 0.717) is 39.6 Å². The third kappa shape index (κ3) is 4.74. The molecule has 33 heavy (non-hydrogen) atoms. The lowest BCUT2D eigenvalue weighted by molar-refractivity contribution is -0.142. The Morgan fingerprint density at radius 1 is 1.18 bits per heavy atom. The Hall–Kier alpha value is -3.30. The molecule has 0 N–H and O–H groups in total. The molecule has 4 rings (SSSR count). The molecule has 0 aliphatic rings. The fourth-order valence-electron chi connectivity index (χ4n) is 3.63. The maximum absolute atomic E-state index is 13.3. The molecule has 170 valence electrons. The highest BCUT2D eigenvalue weighted by Crippen LogP contribution is 2.34. The summed E-state index contributed by atoms with van der Waals surface area (Å²) in [5.41, 5.74) is 2.44. The van der Waals surface area contributed by atoms with E-state index in [-0.39, 0.29) is 28.7 Å². The zero-order valence-corrected chi connectivity index (χ0v) is 19.8. The van der Waals surface area contributed by atoms with Gasteiger partial charge in [0.2, 0.25) is 0 Å². The van der Waals surface area contributed by atoms with E-state index in [2.05, 4.69) is 4.98 Å². The van der Waals surface area contributed by atoms with Crippen LogP contribution in [0.15, 0.2) is 59.6 Å². The summed E-state index contributed by atoms with van der Waals surface area (Å²) in [6.45, 7) is 3.88. The van der Waals surface area contributed by atoms with E-state index in [0.717, 1.165) is 5.56 Å². The molecule has 0 unspecified atom stereocenters.